The number of nitrogens with zero attached hydrogens (tertiary/aromatic N) is 1. The third-order valence-corrected chi connectivity index (χ3v) is 4.86. The fourth-order valence-electron chi connectivity index (χ4n) is 3.27. The molecule has 0 amide bonds. The minimum atomic E-state index is 0.306. The molecule has 29 heavy (non-hydrogen) atoms. The van der Waals surface area contributed by atoms with E-state index in [1.54, 1.807) is 12.1 Å². The van der Waals surface area contributed by atoms with Crippen LogP contribution in [0.2, 0.25) is 0 Å². The van der Waals surface area contributed by atoms with Gasteiger partial charge in [0, 0.05) is 19.8 Å². The van der Waals surface area contributed by atoms with Crippen LogP contribution in [-0.2, 0) is 0 Å². The van der Waals surface area contributed by atoms with Crippen molar-refractivity contribution >= 4 is 17.8 Å². The Hall–Kier alpha value is -3.26. The van der Waals surface area contributed by atoms with Gasteiger partial charge in [0.05, 0.1) is 0 Å². The van der Waals surface area contributed by atoms with E-state index in [9.17, 15) is 5.11 Å². The summed E-state index contributed by atoms with van der Waals surface area (Å²) >= 11 is 0. The molecule has 148 valence electrons. The van der Waals surface area contributed by atoms with Crippen LogP contribution in [-0.4, -0.2) is 19.2 Å². The fraction of sp³-hybridized carbons (Fsp3) is 0.185. The first-order chi connectivity index (χ1) is 14.1. The molecule has 0 atom stereocenters. The van der Waals surface area contributed by atoms with Gasteiger partial charge in [0.25, 0.3) is 0 Å². The lowest BCUT2D eigenvalue weighted by atomic mass is 10.0. The highest BCUT2D eigenvalue weighted by atomic mass is 16.3. The second-order valence-electron chi connectivity index (χ2n) is 7.36. The van der Waals surface area contributed by atoms with Crippen LogP contribution in [0.15, 0.2) is 84.9 Å². The quantitative estimate of drug-likeness (QED) is 0.422. The van der Waals surface area contributed by atoms with Crippen molar-refractivity contribution in [2.24, 2.45) is 0 Å². The van der Waals surface area contributed by atoms with Gasteiger partial charge in [-0.3, -0.25) is 0 Å². The molecule has 0 aliphatic rings. The maximum absolute atomic E-state index is 9.32. The first-order valence-electron chi connectivity index (χ1n) is 10.1. The van der Waals surface area contributed by atoms with Crippen molar-refractivity contribution in [2.75, 3.05) is 19.0 Å². The van der Waals surface area contributed by atoms with Crippen molar-refractivity contribution < 1.29 is 5.11 Å². The summed E-state index contributed by atoms with van der Waals surface area (Å²) in [5.74, 6) is 0.306. The van der Waals surface area contributed by atoms with E-state index in [0.29, 0.717) is 5.75 Å². The summed E-state index contributed by atoms with van der Waals surface area (Å²) in [6, 6.07) is 24.5. The summed E-state index contributed by atoms with van der Waals surface area (Å²) in [6.45, 7) is 0. The molecule has 0 saturated heterocycles. The monoisotopic (exact) mass is 383 g/mol. The summed E-state index contributed by atoms with van der Waals surface area (Å²) < 4.78 is 0. The summed E-state index contributed by atoms with van der Waals surface area (Å²) in [4.78, 5) is 2.16. The van der Waals surface area contributed by atoms with E-state index < -0.39 is 0 Å². The first-order valence-corrected chi connectivity index (χ1v) is 10.1. The highest BCUT2D eigenvalue weighted by Crippen LogP contribution is 2.28. The molecule has 0 fully saturated rings. The first kappa shape index (κ1) is 20.5. The fourth-order valence-corrected chi connectivity index (χ4v) is 3.27. The Balaban J connectivity index is 1.59. The number of hydrogen-bond acceptors (Lipinski definition) is 2. The molecule has 0 bridgehead atoms. The van der Waals surface area contributed by atoms with E-state index in [2.05, 4.69) is 91.8 Å². The van der Waals surface area contributed by atoms with Gasteiger partial charge >= 0.3 is 0 Å². The lowest BCUT2D eigenvalue weighted by molar-refractivity contribution is 0.475. The highest BCUT2D eigenvalue weighted by Gasteiger charge is 2.05. The Morgan fingerprint density at radius 1 is 0.759 bits per heavy atom. The Kier molecular flexibility index (Phi) is 7.29. The van der Waals surface area contributed by atoms with Gasteiger partial charge < -0.3 is 10.0 Å². The van der Waals surface area contributed by atoms with Crippen LogP contribution in [0.4, 0.5) is 5.69 Å². The molecule has 3 aromatic carbocycles. The smallest absolute Gasteiger partial charge is 0.115 e. The number of allylic oxidation sites excluding steroid dienone is 2. The van der Waals surface area contributed by atoms with Crippen LogP contribution in [0.1, 0.15) is 30.4 Å². The second kappa shape index (κ2) is 10.3. The number of benzene rings is 3. The van der Waals surface area contributed by atoms with Crippen molar-refractivity contribution in [1.82, 2.24) is 0 Å². The van der Waals surface area contributed by atoms with Crippen molar-refractivity contribution in [3.63, 3.8) is 0 Å². The lowest BCUT2D eigenvalue weighted by Gasteiger charge is -2.17. The van der Waals surface area contributed by atoms with E-state index in [0.717, 1.165) is 24.8 Å². The molecule has 2 nitrogen and oxygen atoms in total. The van der Waals surface area contributed by atoms with E-state index >= 15 is 0 Å². The minimum absolute atomic E-state index is 0.306. The van der Waals surface area contributed by atoms with Gasteiger partial charge in [0.2, 0.25) is 0 Å². The van der Waals surface area contributed by atoms with Crippen LogP contribution >= 0.6 is 0 Å². The Morgan fingerprint density at radius 2 is 1.45 bits per heavy atom. The molecule has 0 aromatic heterocycles. The number of phenolic OH excluding ortho intramolecular Hbond substituents is 1. The average molecular weight is 384 g/mol. The van der Waals surface area contributed by atoms with Crippen molar-refractivity contribution in [3.8, 4) is 16.9 Å². The number of rotatable bonds is 8. The van der Waals surface area contributed by atoms with Crippen molar-refractivity contribution in [2.45, 2.75) is 19.3 Å². The van der Waals surface area contributed by atoms with Gasteiger partial charge in [-0.15, -0.1) is 0 Å². The SMILES string of the molecule is CN(C)c1ccc(-c2ccccc2)cc1/C=C/CCC/C=C/c1ccc(O)cc1. The molecule has 0 spiro atoms. The molecule has 0 radical (unpaired) electrons. The molecule has 0 saturated carbocycles. The van der Waals surface area contributed by atoms with Crippen LogP contribution in [0.25, 0.3) is 23.3 Å². The standard InChI is InChI=1S/C27H29NO/c1-28(2)27-20-17-24(23-12-9-6-10-13-23)21-25(27)14-8-5-3-4-7-11-22-15-18-26(29)19-16-22/h6-21,29H,3-5H2,1-2H3/b11-7+,14-8+. The molecule has 1 N–H and O–H groups in total. The number of anilines is 1. The summed E-state index contributed by atoms with van der Waals surface area (Å²) in [5.41, 5.74) is 6.08. The van der Waals surface area contributed by atoms with E-state index in [-0.39, 0.29) is 0 Å². The molecule has 0 unspecified atom stereocenters. The number of aromatic hydroxyl groups is 1. The minimum Gasteiger partial charge on any atom is -0.508 e. The number of hydrogen-bond donors (Lipinski definition) is 1. The van der Waals surface area contributed by atoms with E-state index in [4.69, 9.17) is 0 Å². The van der Waals surface area contributed by atoms with Crippen LogP contribution in [0.3, 0.4) is 0 Å². The predicted octanol–water partition coefficient (Wildman–Crippen LogP) is 7.02. The maximum Gasteiger partial charge on any atom is 0.115 e. The molecule has 3 rings (SSSR count). The van der Waals surface area contributed by atoms with Gasteiger partial charge in [-0.05, 0) is 65.8 Å². The zero-order chi connectivity index (χ0) is 20.5. The third kappa shape index (κ3) is 6.11. The van der Waals surface area contributed by atoms with E-state index in [1.165, 1.54) is 22.4 Å². The van der Waals surface area contributed by atoms with E-state index in [1.807, 2.05) is 12.1 Å². The van der Waals surface area contributed by atoms with Crippen LogP contribution in [0, 0.1) is 0 Å². The van der Waals surface area contributed by atoms with Crippen molar-refractivity contribution in [1.29, 1.82) is 0 Å². The summed E-state index contributed by atoms with van der Waals surface area (Å²) in [7, 11) is 4.17. The van der Waals surface area contributed by atoms with Gasteiger partial charge in [0.1, 0.15) is 5.75 Å². The van der Waals surface area contributed by atoms with Crippen LogP contribution in [0.5, 0.6) is 5.75 Å². The Bertz CT molecular complexity index is 954. The highest BCUT2D eigenvalue weighted by molar-refractivity contribution is 5.75. The zero-order valence-electron chi connectivity index (χ0n) is 17.3. The topological polar surface area (TPSA) is 23.5 Å². The lowest BCUT2D eigenvalue weighted by Crippen LogP contribution is -2.10. The summed E-state index contributed by atoms with van der Waals surface area (Å²) in [6.07, 6.45) is 12.0. The molecular weight excluding hydrogens is 354 g/mol. The number of unbranched alkanes of at least 4 members (excludes halogenated alkanes) is 2. The van der Waals surface area contributed by atoms with Crippen LogP contribution < -0.4 is 4.90 Å². The van der Waals surface area contributed by atoms with Gasteiger partial charge in [-0.25, -0.2) is 0 Å². The molecule has 0 aliphatic carbocycles. The molecular formula is C27H29NO. The zero-order valence-corrected chi connectivity index (χ0v) is 17.3. The second-order valence-corrected chi connectivity index (χ2v) is 7.36. The molecule has 0 heterocycles. The predicted molar refractivity (Wildman–Crippen MR) is 126 cm³/mol. The Morgan fingerprint density at radius 3 is 2.14 bits per heavy atom. The van der Waals surface area contributed by atoms with Gasteiger partial charge in [-0.1, -0.05) is 72.8 Å². The van der Waals surface area contributed by atoms with Crippen molar-refractivity contribution in [3.05, 3.63) is 96.1 Å². The molecule has 2 heteroatoms. The molecule has 3 aromatic rings. The maximum atomic E-state index is 9.32. The Labute approximate surface area is 174 Å². The van der Waals surface area contributed by atoms with Gasteiger partial charge in [-0.2, -0.15) is 0 Å². The average Bonchev–Trinajstić information content (AvgIpc) is 2.74. The molecule has 0 aliphatic heterocycles. The number of phenols is 1. The normalized spacial score (nSPS) is 11.4. The largest absolute Gasteiger partial charge is 0.508 e. The van der Waals surface area contributed by atoms with Gasteiger partial charge in [0.15, 0.2) is 0 Å². The third-order valence-electron chi connectivity index (χ3n) is 4.86. The summed E-state index contributed by atoms with van der Waals surface area (Å²) in [5, 5.41) is 9.32.